The number of hydrogen-bond acceptors (Lipinski definition) is 9. The largest absolute Gasteiger partial charge is 0.375 e. The van der Waals surface area contributed by atoms with Crippen LogP contribution in [0.4, 0.5) is 11.4 Å². The Kier molecular flexibility index (Phi) is 40.0. The highest BCUT2D eigenvalue weighted by Gasteiger charge is 2.28. The lowest BCUT2D eigenvalue weighted by molar-refractivity contribution is -0.130. The van der Waals surface area contributed by atoms with E-state index in [4.69, 9.17) is 0 Å². The molecule has 0 aliphatic carbocycles. The van der Waals surface area contributed by atoms with Crippen LogP contribution in [0.5, 0.6) is 0 Å². The second-order valence-corrected chi connectivity index (χ2v) is 30.8. The number of carbonyl (C=O) groups excluding carboxylic acids is 3. The van der Waals surface area contributed by atoms with Gasteiger partial charge in [0.15, 0.2) is 0 Å². The van der Waals surface area contributed by atoms with E-state index >= 15 is 0 Å². The molecule has 4 N–H and O–H groups in total. The first-order valence-electron chi connectivity index (χ1n) is 25.0. The SMILES string of the molecule is C.C.C.C.C.CC(=O)NC(C)(C)C.CC(C)(C)CC(=O)CC(C)(C)C.CC(C)(C)CC(C)(C)C.CC(C)(C)NC(=O)C(C)(C)C.CC(C)(C)Nc1c(NC(C)(C)C)c(=O)c1=O.CC(C)(C)c1cn(C(C)(C)C)nn1. The average Bonchev–Trinajstić information content (AvgIpc) is 3.50. The Labute approximate surface area is 462 Å². The third-order valence-electron chi connectivity index (χ3n) is 8.10. The molecule has 0 spiro atoms. The first kappa shape index (κ1) is 90.0. The first-order valence-corrected chi connectivity index (χ1v) is 25.0. The molecule has 0 aliphatic rings. The molecular weight excluding hydrogens is 923 g/mol. The monoisotopic (exact) mass is 1060 g/mol. The molecule has 0 fully saturated rings. The zero-order valence-corrected chi connectivity index (χ0v) is 51.6. The first-order chi connectivity index (χ1) is 29.6. The molecule has 1 aromatic heterocycles. The molecule has 0 atom stereocenters. The van der Waals surface area contributed by atoms with Crippen molar-refractivity contribution < 1.29 is 14.4 Å². The number of Topliss-reactive ketones (excluding diaryl/α,β-unsaturated/α-hetero) is 1. The van der Waals surface area contributed by atoms with Crippen LogP contribution >= 0.6 is 0 Å². The number of ketones is 1. The lowest BCUT2D eigenvalue weighted by Crippen LogP contribution is -2.46. The fourth-order valence-corrected chi connectivity index (χ4v) is 6.21. The number of rotatable bonds is 4. The molecule has 0 saturated carbocycles. The van der Waals surface area contributed by atoms with Crippen LogP contribution in [0.15, 0.2) is 15.8 Å². The number of aromatic nitrogens is 3. The van der Waals surface area contributed by atoms with Crippen LogP contribution in [0, 0.1) is 27.1 Å². The number of anilines is 2. The highest BCUT2D eigenvalue weighted by molar-refractivity contribution is 5.82. The summed E-state index contributed by atoms with van der Waals surface area (Å²) in [6, 6.07) is 0. The topological polar surface area (TPSA) is 164 Å². The highest BCUT2D eigenvalue weighted by atomic mass is 16.2. The molecular formula is C62H133N7O5. The van der Waals surface area contributed by atoms with Crippen molar-refractivity contribution in [3.8, 4) is 0 Å². The van der Waals surface area contributed by atoms with E-state index < -0.39 is 10.9 Å². The van der Waals surface area contributed by atoms with Gasteiger partial charge in [-0.2, -0.15) is 0 Å². The molecule has 1 aromatic carbocycles. The van der Waals surface area contributed by atoms with E-state index in [0.29, 0.717) is 40.8 Å². The maximum Gasteiger partial charge on any atom is 0.253 e. The van der Waals surface area contributed by atoms with Crippen LogP contribution in [0.1, 0.15) is 297 Å². The number of carbonyl (C=O) groups is 3. The molecule has 0 aliphatic heterocycles. The number of nitrogens with zero attached hydrogens (tertiary/aromatic N) is 3. The van der Waals surface area contributed by atoms with Crippen LogP contribution < -0.4 is 32.1 Å². The van der Waals surface area contributed by atoms with Gasteiger partial charge in [-0.25, -0.2) is 4.68 Å². The van der Waals surface area contributed by atoms with Gasteiger partial charge >= 0.3 is 0 Å². The molecule has 2 rings (SSSR count). The second kappa shape index (κ2) is 32.9. The Morgan fingerprint density at radius 1 is 0.459 bits per heavy atom. The Morgan fingerprint density at radius 3 is 0.878 bits per heavy atom. The van der Waals surface area contributed by atoms with Crippen molar-refractivity contribution in [3.05, 3.63) is 32.3 Å². The fourth-order valence-electron chi connectivity index (χ4n) is 6.21. The summed E-state index contributed by atoms with van der Waals surface area (Å²) in [7, 11) is 0. The van der Waals surface area contributed by atoms with E-state index in [-0.39, 0.29) is 98.3 Å². The highest BCUT2D eigenvalue weighted by Crippen LogP contribution is 2.32. The van der Waals surface area contributed by atoms with Crippen LogP contribution in [0.25, 0.3) is 0 Å². The van der Waals surface area contributed by atoms with E-state index in [0.717, 1.165) is 5.69 Å². The van der Waals surface area contributed by atoms with Gasteiger partial charge in [0.2, 0.25) is 11.8 Å². The molecule has 74 heavy (non-hydrogen) atoms. The molecule has 1 heterocycles. The molecule has 446 valence electrons. The third kappa shape index (κ3) is 54.7. The van der Waals surface area contributed by atoms with E-state index in [1.807, 2.05) is 115 Å². The fraction of sp³-hybridized carbons (Fsp3) is 0.855. The minimum Gasteiger partial charge on any atom is -0.375 e. The van der Waals surface area contributed by atoms with Gasteiger partial charge in [-0.05, 0) is 132 Å². The van der Waals surface area contributed by atoms with E-state index in [2.05, 4.69) is 156 Å². The van der Waals surface area contributed by atoms with Gasteiger partial charge in [-0.1, -0.05) is 167 Å². The lowest BCUT2D eigenvalue weighted by Gasteiger charge is -2.28. The van der Waals surface area contributed by atoms with Crippen molar-refractivity contribution in [1.29, 1.82) is 0 Å². The minimum absolute atomic E-state index is 0. The van der Waals surface area contributed by atoms with Crippen molar-refractivity contribution in [3.63, 3.8) is 0 Å². The third-order valence-corrected chi connectivity index (χ3v) is 8.10. The normalized spacial score (nSPS) is 12.1. The second-order valence-electron chi connectivity index (χ2n) is 30.8. The summed E-state index contributed by atoms with van der Waals surface area (Å²) < 4.78 is 1.91. The van der Waals surface area contributed by atoms with E-state index in [1.165, 1.54) is 13.3 Å². The van der Waals surface area contributed by atoms with E-state index in [1.54, 1.807) is 0 Å². The van der Waals surface area contributed by atoms with Crippen LogP contribution in [0.2, 0.25) is 0 Å². The number of nitrogens with one attached hydrogen (secondary N) is 4. The Morgan fingerprint density at radius 2 is 0.757 bits per heavy atom. The Bertz CT molecular complexity index is 1800. The van der Waals surface area contributed by atoms with Gasteiger partial charge in [-0.3, -0.25) is 24.0 Å². The Hall–Kier alpha value is -3.57. The zero-order chi connectivity index (χ0) is 56.8. The predicted octanol–water partition coefficient (Wildman–Crippen LogP) is 17.0. The maximum atomic E-state index is 11.5. The van der Waals surface area contributed by atoms with Gasteiger partial charge in [-0.15, -0.1) is 5.10 Å². The smallest absolute Gasteiger partial charge is 0.253 e. The van der Waals surface area contributed by atoms with Gasteiger partial charge in [0.1, 0.15) is 17.2 Å². The average molecular weight is 1060 g/mol. The van der Waals surface area contributed by atoms with Gasteiger partial charge in [0.05, 0.1) is 11.2 Å². The van der Waals surface area contributed by atoms with E-state index in [9.17, 15) is 24.0 Å². The van der Waals surface area contributed by atoms with Gasteiger partial charge in [0, 0.05) is 58.9 Å². The van der Waals surface area contributed by atoms with Crippen LogP contribution in [-0.2, 0) is 25.3 Å². The molecule has 0 bridgehead atoms. The number of amides is 2. The van der Waals surface area contributed by atoms with Crippen LogP contribution in [0.3, 0.4) is 0 Å². The van der Waals surface area contributed by atoms with Crippen molar-refractivity contribution in [2.24, 2.45) is 27.1 Å². The van der Waals surface area contributed by atoms with Crippen molar-refractivity contribution in [2.45, 2.75) is 325 Å². The van der Waals surface area contributed by atoms with Gasteiger partial charge in [0.25, 0.3) is 10.9 Å². The van der Waals surface area contributed by atoms with Gasteiger partial charge < -0.3 is 21.3 Å². The molecule has 2 amide bonds. The molecule has 0 radical (unpaired) electrons. The summed E-state index contributed by atoms with van der Waals surface area (Å²) in [5.74, 6) is 0.512. The summed E-state index contributed by atoms with van der Waals surface area (Å²) >= 11 is 0. The zero-order valence-electron chi connectivity index (χ0n) is 51.6. The summed E-state index contributed by atoms with van der Waals surface area (Å²) in [5.41, 5.74) is 1.43. The van der Waals surface area contributed by atoms with Crippen molar-refractivity contribution in [1.82, 2.24) is 25.6 Å². The number of hydrogen-bond donors (Lipinski definition) is 4. The summed E-state index contributed by atoms with van der Waals surface area (Å²) in [6.07, 6.45) is 4.72. The van der Waals surface area contributed by atoms with Crippen molar-refractivity contribution in [2.75, 3.05) is 10.6 Å². The standard InChI is InChI=1S/C12H20N2O2.C11H22O.C10H19N3.C9H19NO.C9H20.C6H13NO.5CH4/c1-11(2,3)13-7-8(10(16)9(7)15)14-12(4,5)6;1-10(2,3)7-9(12)8-11(4,5)6;1-9(2,3)8-7-13(12-11-8)10(4,5)6;1-8(2,3)7(11)10-9(4,5)6;1-8(2,3)7-9(4,5)6;1-5(8)7-6(2,3)4;;;;;/h13-14H,1-6H3;7-8H2,1-6H3;7H,1-6H3;1-6H3,(H,10,11);7H2,1-6H3;1-4H3,(H,7,8);5*1H4. The molecule has 12 heteroatoms. The maximum absolute atomic E-state index is 11.5. The van der Waals surface area contributed by atoms with Crippen molar-refractivity contribution >= 4 is 29.0 Å². The van der Waals surface area contributed by atoms with Crippen LogP contribution in [-0.4, -0.2) is 54.7 Å². The summed E-state index contributed by atoms with van der Waals surface area (Å²) in [5, 5.41) is 20.1. The summed E-state index contributed by atoms with van der Waals surface area (Å²) in [4.78, 5) is 56.0. The molecule has 2 aromatic rings. The molecule has 0 saturated heterocycles. The molecule has 12 nitrogen and oxygen atoms in total. The molecule has 0 unspecified atom stereocenters. The minimum atomic E-state index is -0.429. The quantitative estimate of drug-likeness (QED) is 0.218. The lowest BCUT2D eigenvalue weighted by atomic mass is 9.78. The Balaban J connectivity index is -0.0000000979. The summed E-state index contributed by atoms with van der Waals surface area (Å²) in [6.45, 7) is 69.9. The predicted molar refractivity (Wildman–Crippen MR) is 333 cm³/mol.